The van der Waals surface area contributed by atoms with Crippen molar-refractivity contribution in [2.45, 2.75) is 26.7 Å². The molecule has 2 aromatic heterocycles. The fourth-order valence-corrected chi connectivity index (χ4v) is 4.59. The lowest BCUT2D eigenvalue weighted by Crippen LogP contribution is -2.38. The minimum Gasteiger partial charge on any atom is -0.397 e. The third-order valence-corrected chi connectivity index (χ3v) is 6.44. The number of aromatic nitrogens is 2. The van der Waals surface area contributed by atoms with Gasteiger partial charge in [-0.2, -0.15) is 0 Å². The Morgan fingerprint density at radius 1 is 1.21 bits per heavy atom. The quantitative estimate of drug-likeness (QED) is 0.625. The molecule has 1 fully saturated rings. The Hall–Kier alpha value is -2.38. The van der Waals surface area contributed by atoms with Gasteiger partial charge in [-0.15, -0.1) is 23.7 Å². The Labute approximate surface area is 174 Å². The topological polar surface area (TPSA) is 84.1 Å². The zero-order valence-electron chi connectivity index (χ0n) is 15.9. The molecular formula is C20H24ClN5OS. The molecule has 3 heterocycles. The number of nitrogens with one attached hydrogen (secondary N) is 1. The van der Waals surface area contributed by atoms with E-state index in [1.54, 1.807) is 23.7 Å². The number of nitrogen functional groups attached to an aromatic ring is 1. The van der Waals surface area contributed by atoms with Crippen molar-refractivity contribution < 1.29 is 4.79 Å². The van der Waals surface area contributed by atoms with Gasteiger partial charge < -0.3 is 16.0 Å². The summed E-state index contributed by atoms with van der Waals surface area (Å²) in [5, 5.41) is 4.12. The molecule has 0 spiro atoms. The average molecular weight is 418 g/mol. The van der Waals surface area contributed by atoms with Crippen LogP contribution in [0.5, 0.6) is 0 Å². The summed E-state index contributed by atoms with van der Waals surface area (Å²) in [6.07, 6.45) is 3.24. The molecule has 0 radical (unpaired) electrons. The van der Waals surface area contributed by atoms with Crippen LogP contribution >= 0.6 is 23.7 Å². The molecule has 1 amide bonds. The van der Waals surface area contributed by atoms with Gasteiger partial charge in [0.25, 0.3) is 0 Å². The van der Waals surface area contributed by atoms with Gasteiger partial charge in [0.15, 0.2) is 0 Å². The predicted octanol–water partition coefficient (Wildman–Crippen LogP) is 4.17. The third kappa shape index (κ3) is 3.77. The van der Waals surface area contributed by atoms with Gasteiger partial charge in [-0.3, -0.25) is 4.79 Å². The van der Waals surface area contributed by atoms with Crippen molar-refractivity contribution in [1.82, 2.24) is 9.97 Å². The molecule has 1 aliphatic rings. The number of thiophene rings is 1. The number of nitrogens with two attached hydrogens (primary N) is 1. The van der Waals surface area contributed by atoms with Crippen molar-refractivity contribution in [3.8, 4) is 0 Å². The molecule has 4 rings (SSSR count). The summed E-state index contributed by atoms with van der Waals surface area (Å²) >= 11 is 1.71. The van der Waals surface area contributed by atoms with E-state index in [1.807, 2.05) is 18.2 Å². The van der Waals surface area contributed by atoms with Gasteiger partial charge in [-0.05, 0) is 44.4 Å². The number of aryl methyl sites for hydroxylation is 2. The van der Waals surface area contributed by atoms with Gasteiger partial charge in [0.05, 0.1) is 16.8 Å². The number of halogens is 1. The maximum atomic E-state index is 12.6. The number of anilines is 3. The van der Waals surface area contributed by atoms with Gasteiger partial charge in [0, 0.05) is 23.9 Å². The number of carbonyl (C=O) groups excluding carboxylic acids is 1. The molecule has 0 unspecified atom stereocenters. The van der Waals surface area contributed by atoms with Crippen molar-refractivity contribution in [2.24, 2.45) is 5.92 Å². The molecule has 3 N–H and O–H groups in total. The van der Waals surface area contributed by atoms with Gasteiger partial charge in [-0.25, -0.2) is 9.97 Å². The van der Waals surface area contributed by atoms with Crippen molar-refractivity contribution >= 4 is 57.1 Å². The molecule has 1 aromatic carbocycles. The van der Waals surface area contributed by atoms with Crippen LogP contribution in [0, 0.1) is 19.8 Å². The highest BCUT2D eigenvalue weighted by Gasteiger charge is 2.27. The molecule has 3 aromatic rings. The molecule has 28 heavy (non-hydrogen) atoms. The summed E-state index contributed by atoms with van der Waals surface area (Å²) in [7, 11) is 0. The van der Waals surface area contributed by atoms with E-state index in [9.17, 15) is 4.79 Å². The summed E-state index contributed by atoms with van der Waals surface area (Å²) in [6, 6.07) is 7.37. The first-order valence-electron chi connectivity index (χ1n) is 9.15. The molecule has 0 aliphatic carbocycles. The van der Waals surface area contributed by atoms with E-state index in [-0.39, 0.29) is 24.2 Å². The number of hydrogen-bond donors (Lipinski definition) is 2. The second-order valence-electron chi connectivity index (χ2n) is 7.00. The number of para-hydroxylation sites is 2. The summed E-state index contributed by atoms with van der Waals surface area (Å²) < 4.78 is 0. The highest BCUT2D eigenvalue weighted by Crippen LogP contribution is 2.35. The maximum Gasteiger partial charge on any atom is 0.227 e. The lowest BCUT2D eigenvalue weighted by molar-refractivity contribution is -0.120. The van der Waals surface area contributed by atoms with Crippen LogP contribution in [0.15, 0.2) is 30.6 Å². The lowest BCUT2D eigenvalue weighted by Gasteiger charge is -2.32. The first-order chi connectivity index (χ1) is 13.0. The second-order valence-corrected chi connectivity index (χ2v) is 8.20. The molecule has 148 valence electrons. The zero-order valence-corrected chi connectivity index (χ0v) is 17.6. The number of fused-ring (bicyclic) bond motifs is 1. The van der Waals surface area contributed by atoms with Crippen LogP contribution in [0.2, 0.25) is 0 Å². The molecule has 8 heteroatoms. The zero-order chi connectivity index (χ0) is 19.0. The third-order valence-electron chi connectivity index (χ3n) is 5.33. The predicted molar refractivity (Wildman–Crippen MR) is 119 cm³/mol. The van der Waals surface area contributed by atoms with Crippen molar-refractivity contribution in [3.05, 3.63) is 41.0 Å². The molecule has 0 bridgehead atoms. The average Bonchev–Trinajstić information content (AvgIpc) is 2.98. The Bertz CT molecular complexity index is 997. The van der Waals surface area contributed by atoms with Crippen LogP contribution in [-0.4, -0.2) is 29.0 Å². The molecular weight excluding hydrogens is 394 g/mol. The van der Waals surface area contributed by atoms with Gasteiger partial charge in [0.1, 0.15) is 17.0 Å². The number of benzene rings is 1. The largest absolute Gasteiger partial charge is 0.397 e. The summed E-state index contributed by atoms with van der Waals surface area (Å²) in [4.78, 5) is 26.2. The van der Waals surface area contributed by atoms with E-state index in [0.29, 0.717) is 11.4 Å². The van der Waals surface area contributed by atoms with Crippen molar-refractivity contribution in [2.75, 3.05) is 29.0 Å². The summed E-state index contributed by atoms with van der Waals surface area (Å²) in [6.45, 7) is 5.87. The molecule has 1 aliphatic heterocycles. The normalized spacial score (nSPS) is 14.7. The smallest absolute Gasteiger partial charge is 0.227 e. The van der Waals surface area contributed by atoms with E-state index in [1.165, 1.54) is 10.4 Å². The van der Waals surface area contributed by atoms with Crippen LogP contribution in [0.3, 0.4) is 0 Å². The van der Waals surface area contributed by atoms with Gasteiger partial charge in [0.2, 0.25) is 5.91 Å². The van der Waals surface area contributed by atoms with E-state index < -0.39 is 0 Å². The van der Waals surface area contributed by atoms with Crippen LogP contribution in [0.25, 0.3) is 10.2 Å². The fraction of sp³-hybridized carbons (Fsp3) is 0.350. The van der Waals surface area contributed by atoms with E-state index >= 15 is 0 Å². The van der Waals surface area contributed by atoms with Crippen molar-refractivity contribution in [1.29, 1.82) is 0 Å². The minimum atomic E-state index is -0.0107. The van der Waals surface area contributed by atoms with Crippen LogP contribution in [-0.2, 0) is 4.79 Å². The van der Waals surface area contributed by atoms with E-state index in [2.05, 4.69) is 34.0 Å². The molecule has 0 saturated carbocycles. The Kier molecular flexibility index (Phi) is 6.05. The Balaban J connectivity index is 0.00000225. The highest BCUT2D eigenvalue weighted by atomic mass is 35.5. The number of carbonyl (C=O) groups is 1. The van der Waals surface area contributed by atoms with Crippen molar-refractivity contribution in [3.63, 3.8) is 0 Å². The molecule has 6 nitrogen and oxygen atoms in total. The molecule has 1 saturated heterocycles. The lowest BCUT2D eigenvalue weighted by atomic mass is 9.95. The standard InChI is InChI=1S/C20H23N5OS.ClH/c1-12-13(2)27-20-17(12)18(22-11-23-20)25-9-7-14(8-10-25)19(26)24-16-6-4-3-5-15(16)21;/h3-6,11,14H,7-10,21H2,1-2H3,(H,24,26);1H. The second kappa shape index (κ2) is 8.32. The van der Waals surface area contributed by atoms with E-state index in [0.717, 1.165) is 42.0 Å². The van der Waals surface area contributed by atoms with Crippen LogP contribution in [0.4, 0.5) is 17.2 Å². The van der Waals surface area contributed by atoms with Gasteiger partial charge in [-0.1, -0.05) is 12.1 Å². The minimum absolute atomic E-state index is 0. The Morgan fingerprint density at radius 3 is 2.64 bits per heavy atom. The first kappa shape index (κ1) is 20.4. The Morgan fingerprint density at radius 2 is 1.93 bits per heavy atom. The monoisotopic (exact) mass is 417 g/mol. The molecule has 0 atom stereocenters. The summed E-state index contributed by atoms with van der Waals surface area (Å²) in [5.74, 6) is 1.03. The van der Waals surface area contributed by atoms with E-state index in [4.69, 9.17) is 5.73 Å². The SMILES string of the molecule is Cc1sc2ncnc(N3CCC(C(=O)Nc4ccccc4N)CC3)c2c1C.Cl. The fourth-order valence-electron chi connectivity index (χ4n) is 3.60. The maximum absolute atomic E-state index is 12.6. The van der Waals surface area contributed by atoms with Crippen LogP contribution in [0.1, 0.15) is 23.3 Å². The van der Waals surface area contributed by atoms with Crippen LogP contribution < -0.4 is 16.0 Å². The number of amides is 1. The number of piperidine rings is 1. The highest BCUT2D eigenvalue weighted by molar-refractivity contribution is 7.18. The first-order valence-corrected chi connectivity index (χ1v) is 9.97. The number of nitrogens with zero attached hydrogens (tertiary/aromatic N) is 3. The summed E-state index contributed by atoms with van der Waals surface area (Å²) in [5.41, 5.74) is 8.46. The number of rotatable bonds is 3. The number of hydrogen-bond acceptors (Lipinski definition) is 6. The van der Waals surface area contributed by atoms with Gasteiger partial charge >= 0.3 is 0 Å².